The minimum absolute atomic E-state index is 0.211. The monoisotopic (exact) mass is 348 g/mol. The lowest BCUT2D eigenvalue weighted by Gasteiger charge is -2.09. The van der Waals surface area contributed by atoms with Gasteiger partial charge in [0.2, 0.25) is 0 Å². The Balaban J connectivity index is 2.63. The fraction of sp³-hybridized carbons (Fsp3) is 0.524. The molecule has 1 aromatic carbocycles. The molecule has 0 aliphatic rings. The zero-order valence-electron chi connectivity index (χ0n) is 15.6. The number of phenolic OH excluding ortho intramolecular Hbond substituents is 2. The lowest BCUT2D eigenvalue weighted by molar-refractivity contribution is 0.439. The molecule has 3 heteroatoms. The van der Waals surface area contributed by atoms with E-state index in [9.17, 15) is 10.2 Å². The number of unbranched alkanes of at least 4 members (excludes halogenated alkanes) is 1. The van der Waals surface area contributed by atoms with E-state index in [0.717, 1.165) is 43.4 Å². The topological polar surface area (TPSA) is 40.5 Å². The Bertz CT molecular complexity index is 546. The second kappa shape index (κ2) is 11.2. The van der Waals surface area contributed by atoms with E-state index in [1.807, 2.05) is 11.8 Å². The van der Waals surface area contributed by atoms with Gasteiger partial charge in [0.15, 0.2) is 0 Å². The predicted octanol–water partition coefficient (Wildman–Crippen LogP) is 6.02. The Hall–Kier alpha value is -1.35. The first-order valence-electron chi connectivity index (χ1n) is 8.75. The van der Waals surface area contributed by atoms with Gasteiger partial charge in [0, 0.05) is 5.56 Å². The maximum Gasteiger partial charge on any atom is 0.123 e. The summed E-state index contributed by atoms with van der Waals surface area (Å²) in [5.74, 6) is 1.58. The number of benzene rings is 1. The normalized spacial score (nSPS) is 11.6. The lowest BCUT2D eigenvalue weighted by Crippen LogP contribution is -1.92. The molecule has 0 bridgehead atoms. The summed E-state index contributed by atoms with van der Waals surface area (Å²) in [6, 6.07) is 3.61. The van der Waals surface area contributed by atoms with Crippen molar-refractivity contribution < 1.29 is 10.2 Å². The maximum absolute atomic E-state index is 10.2. The third-order valence-electron chi connectivity index (χ3n) is 4.07. The highest BCUT2D eigenvalue weighted by molar-refractivity contribution is 7.98. The molecule has 0 saturated carbocycles. The van der Waals surface area contributed by atoms with E-state index < -0.39 is 0 Å². The van der Waals surface area contributed by atoms with Crippen molar-refractivity contribution in [1.82, 2.24) is 0 Å². The molecule has 0 saturated heterocycles. The molecule has 134 valence electrons. The minimum atomic E-state index is 0.211. The number of aryl methyl sites for hydroxylation is 1. The number of hydrogen-bond donors (Lipinski definition) is 2. The van der Waals surface area contributed by atoms with E-state index in [1.165, 1.54) is 11.1 Å². The average Bonchev–Trinajstić information content (AvgIpc) is 2.50. The van der Waals surface area contributed by atoms with Crippen LogP contribution in [0.15, 0.2) is 35.4 Å². The zero-order chi connectivity index (χ0) is 17.9. The molecule has 0 heterocycles. The molecule has 0 atom stereocenters. The Labute approximate surface area is 151 Å². The molecule has 0 spiro atoms. The number of rotatable bonds is 10. The highest BCUT2D eigenvalue weighted by Gasteiger charge is 2.09. The lowest BCUT2D eigenvalue weighted by atomic mass is 10.0. The van der Waals surface area contributed by atoms with E-state index in [-0.39, 0.29) is 11.5 Å². The van der Waals surface area contributed by atoms with Crippen LogP contribution in [0.1, 0.15) is 57.6 Å². The van der Waals surface area contributed by atoms with Gasteiger partial charge >= 0.3 is 0 Å². The van der Waals surface area contributed by atoms with E-state index in [4.69, 9.17) is 0 Å². The molecular weight excluding hydrogens is 316 g/mol. The van der Waals surface area contributed by atoms with Crippen LogP contribution in [-0.4, -0.2) is 22.2 Å². The van der Waals surface area contributed by atoms with E-state index >= 15 is 0 Å². The van der Waals surface area contributed by atoms with Gasteiger partial charge in [0.1, 0.15) is 11.5 Å². The highest BCUT2D eigenvalue weighted by atomic mass is 32.2. The number of hydrogen-bond acceptors (Lipinski definition) is 3. The molecular formula is C21H32O2S. The Morgan fingerprint density at radius 3 is 2.29 bits per heavy atom. The summed E-state index contributed by atoms with van der Waals surface area (Å²) >= 11 is 1.85. The molecule has 0 unspecified atom stereocenters. The van der Waals surface area contributed by atoms with Gasteiger partial charge in [-0.05, 0) is 89.0 Å². The molecule has 24 heavy (non-hydrogen) atoms. The Kier molecular flexibility index (Phi) is 9.70. The van der Waals surface area contributed by atoms with Gasteiger partial charge in [-0.3, -0.25) is 0 Å². The largest absolute Gasteiger partial charge is 0.508 e. The van der Waals surface area contributed by atoms with Crippen LogP contribution in [0.5, 0.6) is 11.5 Å². The summed E-state index contributed by atoms with van der Waals surface area (Å²) in [5, 5.41) is 20.5. The second-order valence-electron chi connectivity index (χ2n) is 6.64. The van der Waals surface area contributed by atoms with Gasteiger partial charge in [-0.15, -0.1) is 0 Å². The van der Waals surface area contributed by atoms with E-state index in [1.54, 1.807) is 12.1 Å². The van der Waals surface area contributed by atoms with Crippen molar-refractivity contribution in [2.24, 2.45) is 0 Å². The molecule has 1 rings (SSSR count). The third kappa shape index (κ3) is 7.96. The maximum atomic E-state index is 10.2. The third-order valence-corrected chi connectivity index (χ3v) is 4.77. The quantitative estimate of drug-likeness (QED) is 0.401. The summed E-state index contributed by atoms with van der Waals surface area (Å²) in [7, 11) is 0. The minimum Gasteiger partial charge on any atom is -0.508 e. The number of aromatic hydroxyl groups is 2. The van der Waals surface area contributed by atoms with Crippen molar-refractivity contribution in [2.45, 2.75) is 59.3 Å². The van der Waals surface area contributed by atoms with Crippen molar-refractivity contribution in [2.75, 3.05) is 12.0 Å². The molecule has 0 aliphatic carbocycles. The summed E-state index contributed by atoms with van der Waals surface area (Å²) in [6.07, 6.45) is 12.2. The van der Waals surface area contributed by atoms with Gasteiger partial charge < -0.3 is 10.2 Å². The summed E-state index contributed by atoms with van der Waals surface area (Å²) in [6.45, 7) is 6.32. The predicted molar refractivity (Wildman–Crippen MR) is 107 cm³/mol. The van der Waals surface area contributed by atoms with Crippen molar-refractivity contribution in [3.05, 3.63) is 46.6 Å². The van der Waals surface area contributed by atoms with Gasteiger partial charge in [0.05, 0.1) is 0 Å². The van der Waals surface area contributed by atoms with Crippen LogP contribution in [0.3, 0.4) is 0 Å². The molecule has 0 amide bonds. The van der Waals surface area contributed by atoms with Gasteiger partial charge in [0.25, 0.3) is 0 Å². The Morgan fingerprint density at radius 1 is 1.04 bits per heavy atom. The van der Waals surface area contributed by atoms with Gasteiger partial charge in [-0.2, -0.15) is 11.8 Å². The fourth-order valence-corrected chi connectivity index (χ4v) is 3.09. The van der Waals surface area contributed by atoms with Crippen LogP contribution in [0.4, 0.5) is 0 Å². The summed E-state index contributed by atoms with van der Waals surface area (Å²) < 4.78 is 0. The first-order valence-corrected chi connectivity index (χ1v) is 10.1. The van der Waals surface area contributed by atoms with E-state index in [2.05, 4.69) is 39.2 Å². The summed E-state index contributed by atoms with van der Waals surface area (Å²) in [4.78, 5) is 0. The molecule has 0 radical (unpaired) electrons. The van der Waals surface area contributed by atoms with Crippen molar-refractivity contribution in [1.29, 1.82) is 0 Å². The van der Waals surface area contributed by atoms with Crippen LogP contribution < -0.4 is 0 Å². The summed E-state index contributed by atoms with van der Waals surface area (Å²) in [5.41, 5.74) is 4.27. The molecule has 0 fully saturated rings. The fourth-order valence-electron chi connectivity index (χ4n) is 2.59. The van der Waals surface area contributed by atoms with Crippen LogP contribution in [-0.2, 0) is 12.8 Å². The average molecular weight is 349 g/mol. The number of phenols is 2. The molecule has 0 aliphatic heterocycles. The van der Waals surface area contributed by atoms with Gasteiger partial charge in [-0.1, -0.05) is 23.3 Å². The Morgan fingerprint density at radius 2 is 1.71 bits per heavy atom. The molecule has 0 aromatic heterocycles. The zero-order valence-corrected chi connectivity index (χ0v) is 16.4. The standard InChI is InChI=1S/C21H32O2S/c1-16(2)8-7-9-17(3)11-12-19-20(22)14-18(15-21(19)23)10-5-6-13-24-4/h8,11,14-15,22-23H,5-7,9-10,12-13H2,1-4H3. The first kappa shape index (κ1) is 20.7. The molecule has 2 nitrogen and oxygen atoms in total. The van der Waals surface area contributed by atoms with Crippen molar-refractivity contribution >= 4 is 11.8 Å². The SMILES string of the molecule is CSCCCCc1cc(O)c(CC=C(C)CCC=C(C)C)c(O)c1. The first-order chi connectivity index (χ1) is 11.4. The van der Waals surface area contributed by atoms with E-state index in [0.29, 0.717) is 12.0 Å². The van der Waals surface area contributed by atoms with Crippen LogP contribution in [0.25, 0.3) is 0 Å². The van der Waals surface area contributed by atoms with Crippen LogP contribution >= 0.6 is 11.8 Å². The molecule has 2 N–H and O–H groups in total. The number of thioether (sulfide) groups is 1. The number of allylic oxidation sites excluding steroid dienone is 4. The second-order valence-corrected chi connectivity index (χ2v) is 7.62. The van der Waals surface area contributed by atoms with Crippen molar-refractivity contribution in [3.63, 3.8) is 0 Å². The van der Waals surface area contributed by atoms with Crippen LogP contribution in [0, 0.1) is 0 Å². The molecule has 1 aromatic rings. The van der Waals surface area contributed by atoms with Crippen molar-refractivity contribution in [3.8, 4) is 11.5 Å². The van der Waals surface area contributed by atoms with Gasteiger partial charge in [-0.25, -0.2) is 0 Å². The van der Waals surface area contributed by atoms with Crippen LogP contribution in [0.2, 0.25) is 0 Å². The smallest absolute Gasteiger partial charge is 0.123 e. The highest BCUT2D eigenvalue weighted by Crippen LogP contribution is 2.30.